The number of carbonyl (C=O) groups is 2. The third-order valence-electron chi connectivity index (χ3n) is 6.37. The number of hydrogen-bond donors (Lipinski definition) is 3. The fourth-order valence-electron chi connectivity index (χ4n) is 4.27. The highest BCUT2D eigenvalue weighted by molar-refractivity contribution is 5.88. The van der Waals surface area contributed by atoms with Gasteiger partial charge in [-0.15, -0.1) is 0 Å². The van der Waals surface area contributed by atoms with Gasteiger partial charge in [0.1, 0.15) is 12.0 Å². The highest BCUT2D eigenvalue weighted by atomic mass is 19.1. The molecule has 0 aromatic carbocycles. The number of anilines is 3. The van der Waals surface area contributed by atoms with Crippen molar-refractivity contribution in [2.45, 2.75) is 44.8 Å². The minimum Gasteiger partial charge on any atom is -0.477 e. The van der Waals surface area contributed by atoms with Crippen molar-refractivity contribution in [2.24, 2.45) is 0 Å². The summed E-state index contributed by atoms with van der Waals surface area (Å²) in [5.41, 5.74) is 0.358. The number of carboxylic acid groups (broad SMARTS) is 1. The van der Waals surface area contributed by atoms with Gasteiger partial charge in [-0.1, -0.05) is 6.42 Å². The van der Waals surface area contributed by atoms with Crippen LogP contribution in [0.3, 0.4) is 0 Å². The molecule has 2 aliphatic rings. The minimum absolute atomic E-state index is 0.198. The van der Waals surface area contributed by atoms with Crippen molar-refractivity contribution >= 4 is 29.4 Å². The van der Waals surface area contributed by atoms with Gasteiger partial charge in [0.25, 0.3) is 0 Å². The second kappa shape index (κ2) is 14.3. The van der Waals surface area contributed by atoms with E-state index >= 15 is 0 Å². The van der Waals surface area contributed by atoms with E-state index in [0.717, 1.165) is 0 Å². The maximum atomic E-state index is 14.7. The third kappa shape index (κ3) is 8.68. The van der Waals surface area contributed by atoms with Gasteiger partial charge in [0.2, 0.25) is 5.88 Å². The van der Waals surface area contributed by atoms with Gasteiger partial charge in [0, 0.05) is 38.1 Å². The second-order valence-corrected chi connectivity index (χ2v) is 9.23. The first-order valence-electron chi connectivity index (χ1n) is 12.8. The lowest BCUT2D eigenvalue weighted by Crippen LogP contribution is -2.55. The summed E-state index contributed by atoms with van der Waals surface area (Å²) in [6.07, 6.45) is 6.29. The number of nitrogens with zero attached hydrogens (tertiary/aromatic N) is 6. The highest BCUT2D eigenvalue weighted by Gasteiger charge is 2.35. The Labute approximate surface area is 222 Å². The molecule has 3 amide bonds. The topological polar surface area (TPSA) is 136 Å². The number of likely N-dealkylation sites (tertiary alicyclic amines) is 1. The highest BCUT2D eigenvalue weighted by Crippen LogP contribution is 2.25. The van der Waals surface area contributed by atoms with Crippen LogP contribution in [0.2, 0.25) is 0 Å². The van der Waals surface area contributed by atoms with Crippen molar-refractivity contribution in [1.82, 2.24) is 24.8 Å². The predicted molar refractivity (Wildman–Crippen MR) is 143 cm³/mol. The van der Waals surface area contributed by atoms with Crippen molar-refractivity contribution in [3.05, 3.63) is 30.7 Å². The van der Waals surface area contributed by atoms with Crippen molar-refractivity contribution in [3.63, 3.8) is 0 Å². The monoisotopic (exact) mass is 532 g/mol. The number of hydrogen-bond acceptors (Lipinski definition) is 8. The number of likely N-dealkylation sites (N-methyl/N-ethyl adjacent to an activating group) is 1. The molecular formula is C25H37FN8O4. The van der Waals surface area contributed by atoms with E-state index in [2.05, 4.69) is 37.5 Å². The standard InChI is InChI=1S/C19H24FN7O4.C6H13N/c1-3-31-17-10-22-15(9-23-17)25-18(28)26(2)14-11-27(7-5-13(14)20)16-8-12(4-6-21-16)24-19(29)30;1-7-5-3-2-4-6-7/h4,6,8-10,13-14H,3,5,7,11H2,1-2H3,(H,21,24)(H,29,30)(H,22,25,28);2-6H2,1H3. The fraction of sp³-hybridized carbons (Fsp3) is 0.560. The van der Waals surface area contributed by atoms with Crippen LogP contribution >= 0.6 is 0 Å². The lowest BCUT2D eigenvalue weighted by atomic mass is 10.0. The Bertz CT molecular complexity index is 1040. The van der Waals surface area contributed by atoms with Gasteiger partial charge in [-0.2, -0.15) is 0 Å². The van der Waals surface area contributed by atoms with E-state index in [4.69, 9.17) is 9.84 Å². The molecule has 2 unspecified atom stereocenters. The molecule has 0 spiro atoms. The van der Waals surface area contributed by atoms with Gasteiger partial charge in [-0.3, -0.25) is 10.6 Å². The summed E-state index contributed by atoms with van der Waals surface area (Å²) >= 11 is 0. The first-order chi connectivity index (χ1) is 18.3. The zero-order chi connectivity index (χ0) is 27.5. The van der Waals surface area contributed by atoms with Crippen LogP contribution in [0, 0.1) is 0 Å². The van der Waals surface area contributed by atoms with Crippen LogP contribution in [0.5, 0.6) is 5.88 Å². The number of halogens is 1. The molecule has 2 aromatic rings. The van der Waals surface area contributed by atoms with E-state index in [-0.39, 0.29) is 18.8 Å². The Balaban J connectivity index is 0.000000494. The first-order valence-corrected chi connectivity index (χ1v) is 12.8. The van der Waals surface area contributed by atoms with Crippen LogP contribution in [-0.4, -0.2) is 101 Å². The Morgan fingerprint density at radius 3 is 2.53 bits per heavy atom. The maximum absolute atomic E-state index is 14.7. The smallest absolute Gasteiger partial charge is 0.409 e. The van der Waals surface area contributed by atoms with E-state index in [1.54, 1.807) is 6.07 Å². The van der Waals surface area contributed by atoms with Gasteiger partial charge < -0.3 is 24.5 Å². The Morgan fingerprint density at radius 1 is 1.16 bits per heavy atom. The van der Waals surface area contributed by atoms with E-state index in [9.17, 15) is 14.0 Å². The number of amides is 3. The molecule has 4 heterocycles. The number of carbonyl (C=O) groups excluding carboxylic acids is 1. The first kappa shape index (κ1) is 28.8. The molecule has 13 heteroatoms. The average Bonchev–Trinajstić information content (AvgIpc) is 2.90. The predicted octanol–water partition coefficient (Wildman–Crippen LogP) is 3.54. The summed E-state index contributed by atoms with van der Waals surface area (Å²) in [6.45, 7) is 5.50. The van der Waals surface area contributed by atoms with E-state index in [1.165, 1.54) is 69.0 Å². The van der Waals surface area contributed by atoms with E-state index in [1.807, 2.05) is 11.8 Å². The summed E-state index contributed by atoms with van der Waals surface area (Å²) in [4.78, 5) is 41.3. The quantitative estimate of drug-likeness (QED) is 0.510. The van der Waals surface area contributed by atoms with Gasteiger partial charge in [0.15, 0.2) is 5.82 Å². The molecule has 12 nitrogen and oxygen atoms in total. The number of rotatable bonds is 6. The molecule has 4 rings (SSSR count). The summed E-state index contributed by atoms with van der Waals surface area (Å²) in [5.74, 6) is 1.06. The molecule has 2 fully saturated rings. The minimum atomic E-state index is -1.22. The zero-order valence-electron chi connectivity index (χ0n) is 22.1. The van der Waals surface area contributed by atoms with Crippen molar-refractivity contribution < 1.29 is 23.8 Å². The molecule has 2 atom stereocenters. The molecule has 3 N–H and O–H groups in total. The SMILES string of the molecule is CCOc1cnc(NC(=O)N(C)C2CN(c3cc(NC(=O)O)ccn3)CCC2F)cn1.CN1CCCCC1. The molecule has 2 aliphatic heterocycles. The van der Waals surface area contributed by atoms with Gasteiger partial charge in [-0.25, -0.2) is 28.9 Å². The molecule has 38 heavy (non-hydrogen) atoms. The van der Waals surface area contributed by atoms with E-state index < -0.39 is 24.3 Å². The second-order valence-electron chi connectivity index (χ2n) is 9.23. The summed E-state index contributed by atoms with van der Waals surface area (Å²) in [7, 11) is 3.70. The summed E-state index contributed by atoms with van der Waals surface area (Å²) in [6, 6.07) is 1.83. The number of nitrogens with one attached hydrogen (secondary N) is 2. The number of aromatic nitrogens is 3. The summed E-state index contributed by atoms with van der Waals surface area (Å²) in [5, 5.41) is 13.7. The van der Waals surface area contributed by atoms with Crippen LogP contribution in [0.15, 0.2) is 30.7 Å². The van der Waals surface area contributed by atoms with Crippen LogP contribution < -0.4 is 20.3 Å². The van der Waals surface area contributed by atoms with Crippen LogP contribution in [0.1, 0.15) is 32.6 Å². The van der Waals surface area contributed by atoms with Gasteiger partial charge in [-0.05, 0) is 52.4 Å². The Kier molecular flexibility index (Phi) is 10.8. The molecule has 2 saturated heterocycles. The number of ether oxygens (including phenoxy) is 1. The van der Waals surface area contributed by atoms with Crippen molar-refractivity contribution in [1.29, 1.82) is 0 Å². The van der Waals surface area contributed by atoms with Gasteiger partial charge in [0.05, 0.1) is 25.0 Å². The third-order valence-corrected chi connectivity index (χ3v) is 6.37. The van der Waals surface area contributed by atoms with Crippen LogP contribution in [0.4, 0.5) is 31.3 Å². The fourth-order valence-corrected chi connectivity index (χ4v) is 4.27. The number of piperidine rings is 2. The molecule has 0 aliphatic carbocycles. The van der Waals surface area contributed by atoms with Crippen LogP contribution in [-0.2, 0) is 0 Å². The zero-order valence-corrected chi connectivity index (χ0v) is 22.1. The normalized spacial score (nSPS) is 19.5. The molecule has 208 valence electrons. The molecule has 0 saturated carbocycles. The van der Waals surface area contributed by atoms with Crippen LogP contribution in [0.25, 0.3) is 0 Å². The number of pyridine rings is 1. The molecule has 2 aromatic heterocycles. The van der Waals surface area contributed by atoms with E-state index in [0.29, 0.717) is 30.5 Å². The molecule has 0 bridgehead atoms. The van der Waals surface area contributed by atoms with Crippen molar-refractivity contribution in [3.8, 4) is 5.88 Å². The Hall–Kier alpha value is -3.74. The lowest BCUT2D eigenvalue weighted by Gasteiger charge is -2.40. The maximum Gasteiger partial charge on any atom is 0.409 e. The largest absolute Gasteiger partial charge is 0.477 e. The molecule has 0 radical (unpaired) electrons. The summed E-state index contributed by atoms with van der Waals surface area (Å²) < 4.78 is 19.9. The molecular weight excluding hydrogens is 495 g/mol. The number of urea groups is 1. The van der Waals surface area contributed by atoms with Gasteiger partial charge >= 0.3 is 12.1 Å². The average molecular weight is 533 g/mol. The Morgan fingerprint density at radius 2 is 1.92 bits per heavy atom. The van der Waals surface area contributed by atoms with Crippen molar-refractivity contribution in [2.75, 3.05) is 62.4 Å². The lowest BCUT2D eigenvalue weighted by molar-refractivity contribution is 0.133. The number of alkyl halides is 1.